The zero-order valence-electron chi connectivity index (χ0n) is 5.07. The van der Waals surface area contributed by atoms with Crippen LogP contribution in [0.4, 0.5) is 5.69 Å². The molecule has 0 amide bonds. The van der Waals surface area contributed by atoms with Crippen molar-refractivity contribution in [2.75, 3.05) is 0 Å². The number of nitro groups is 1. The van der Waals surface area contributed by atoms with Crippen molar-refractivity contribution in [3.63, 3.8) is 0 Å². The Morgan fingerprint density at radius 3 is 2.73 bits per heavy atom. The van der Waals surface area contributed by atoms with Gasteiger partial charge in [-0.3, -0.25) is 10.1 Å². The van der Waals surface area contributed by atoms with Gasteiger partial charge < -0.3 is 0 Å². The lowest BCUT2D eigenvalue weighted by Gasteiger charge is -1.81. The van der Waals surface area contributed by atoms with Crippen LogP contribution < -0.4 is 0 Å². The molecule has 4 nitrogen and oxygen atoms in total. The highest BCUT2D eigenvalue weighted by atomic mass is 79.9. The molecule has 0 spiro atoms. The number of halogens is 1. The molecule has 0 aliphatic heterocycles. The van der Waals surface area contributed by atoms with Crippen LogP contribution in [0.25, 0.3) is 0 Å². The Morgan fingerprint density at radius 1 is 1.82 bits per heavy atom. The first-order chi connectivity index (χ1) is 5.15. The Morgan fingerprint density at radius 2 is 2.45 bits per heavy atom. The van der Waals surface area contributed by atoms with Crippen molar-refractivity contribution in [2.24, 2.45) is 0 Å². The molecule has 0 bridgehead atoms. The average molecular weight is 233 g/mol. The number of rotatable bonds is 1. The van der Waals surface area contributed by atoms with E-state index in [1.807, 2.05) is 6.07 Å². The summed E-state index contributed by atoms with van der Waals surface area (Å²) in [6.45, 7) is 0. The van der Waals surface area contributed by atoms with Gasteiger partial charge in [0.2, 0.25) is 0 Å². The van der Waals surface area contributed by atoms with E-state index in [0.29, 0.717) is 8.66 Å². The second-order valence-corrected chi connectivity index (χ2v) is 4.01. The summed E-state index contributed by atoms with van der Waals surface area (Å²) in [4.78, 5) is 10.0. The maximum absolute atomic E-state index is 10.2. The van der Waals surface area contributed by atoms with Crippen LogP contribution in [0, 0.1) is 21.4 Å². The van der Waals surface area contributed by atoms with E-state index in [0.717, 1.165) is 11.3 Å². The fourth-order valence-corrected chi connectivity index (χ4v) is 1.97. The summed E-state index contributed by atoms with van der Waals surface area (Å²) in [5, 5.41) is 18.6. The molecule has 56 valence electrons. The summed E-state index contributed by atoms with van der Waals surface area (Å²) < 4.78 is 0.388. The Labute approximate surface area is 74.3 Å². The molecule has 11 heavy (non-hydrogen) atoms. The van der Waals surface area contributed by atoms with Gasteiger partial charge in [-0.25, -0.2) is 0 Å². The largest absolute Gasteiger partial charge is 0.295 e. The summed E-state index contributed by atoms with van der Waals surface area (Å²) in [5.41, 5.74) is -0.0495. The van der Waals surface area contributed by atoms with Gasteiger partial charge >= 0.3 is 0 Å². The standard InChI is InChI=1S/C5HBrN2O2S/c6-5-4(8(9)10)1-3(2-7)11-5/h1H. The Kier molecular flexibility index (Phi) is 2.22. The SMILES string of the molecule is N#Cc1cc([N+](=O)[O-])c(Br)s1. The first-order valence-corrected chi connectivity index (χ1v) is 4.10. The van der Waals surface area contributed by atoms with E-state index in [1.54, 1.807) is 0 Å². The quantitative estimate of drug-likeness (QED) is 0.552. The third-order valence-corrected chi connectivity index (χ3v) is 2.68. The molecular formula is C5HBrN2O2S. The van der Waals surface area contributed by atoms with Gasteiger partial charge in [0.15, 0.2) is 0 Å². The number of hydrogen-bond acceptors (Lipinski definition) is 4. The first-order valence-electron chi connectivity index (χ1n) is 2.49. The normalized spacial score (nSPS) is 9.09. The highest BCUT2D eigenvalue weighted by Gasteiger charge is 2.15. The molecule has 0 aliphatic carbocycles. The van der Waals surface area contributed by atoms with Crippen LogP contribution in [0.3, 0.4) is 0 Å². The van der Waals surface area contributed by atoms with Gasteiger partial charge in [0.1, 0.15) is 14.7 Å². The predicted octanol–water partition coefficient (Wildman–Crippen LogP) is 2.29. The van der Waals surface area contributed by atoms with E-state index in [9.17, 15) is 10.1 Å². The van der Waals surface area contributed by atoms with Gasteiger partial charge in [0.05, 0.1) is 4.92 Å². The van der Waals surface area contributed by atoms with Crippen molar-refractivity contribution < 1.29 is 4.92 Å². The van der Waals surface area contributed by atoms with Crippen molar-refractivity contribution in [1.82, 2.24) is 0 Å². The smallest absolute Gasteiger partial charge is 0.258 e. The maximum Gasteiger partial charge on any atom is 0.295 e. The summed E-state index contributed by atoms with van der Waals surface area (Å²) in [7, 11) is 0. The molecule has 1 aromatic heterocycles. The lowest BCUT2D eigenvalue weighted by Crippen LogP contribution is -1.83. The molecule has 0 saturated carbocycles. The summed E-state index contributed by atoms with van der Waals surface area (Å²) in [6.07, 6.45) is 0. The number of nitrogens with zero attached hydrogens (tertiary/aromatic N) is 2. The monoisotopic (exact) mass is 232 g/mol. The molecule has 0 fully saturated rings. The van der Waals surface area contributed by atoms with Gasteiger partial charge in [-0.1, -0.05) is 0 Å². The Balaban J connectivity index is 3.20. The molecule has 1 rings (SSSR count). The maximum atomic E-state index is 10.2. The van der Waals surface area contributed by atoms with Crippen molar-refractivity contribution in [3.05, 3.63) is 24.8 Å². The van der Waals surface area contributed by atoms with Crippen LogP contribution in [-0.4, -0.2) is 4.92 Å². The summed E-state index contributed by atoms with van der Waals surface area (Å²) in [6, 6.07) is 3.07. The van der Waals surface area contributed by atoms with E-state index in [1.165, 1.54) is 6.07 Å². The second kappa shape index (κ2) is 2.98. The van der Waals surface area contributed by atoms with Gasteiger partial charge in [-0.15, -0.1) is 11.3 Å². The lowest BCUT2D eigenvalue weighted by molar-refractivity contribution is -0.385. The molecule has 0 radical (unpaired) electrons. The van der Waals surface area contributed by atoms with E-state index >= 15 is 0 Å². The van der Waals surface area contributed by atoms with Crippen LogP contribution in [-0.2, 0) is 0 Å². The van der Waals surface area contributed by atoms with Crippen molar-refractivity contribution >= 4 is 33.0 Å². The second-order valence-electron chi connectivity index (χ2n) is 1.64. The minimum absolute atomic E-state index is 0.0495. The fraction of sp³-hybridized carbons (Fsp3) is 0. The molecule has 1 heterocycles. The van der Waals surface area contributed by atoms with E-state index in [2.05, 4.69) is 15.9 Å². The zero-order valence-corrected chi connectivity index (χ0v) is 7.48. The molecule has 1 aromatic rings. The summed E-state index contributed by atoms with van der Waals surface area (Å²) in [5.74, 6) is 0. The van der Waals surface area contributed by atoms with Gasteiger partial charge in [0, 0.05) is 6.07 Å². The van der Waals surface area contributed by atoms with Crippen molar-refractivity contribution in [1.29, 1.82) is 5.26 Å². The number of nitriles is 1. The van der Waals surface area contributed by atoms with Gasteiger partial charge in [-0.2, -0.15) is 5.26 Å². The molecule has 0 atom stereocenters. The molecule has 0 saturated heterocycles. The topological polar surface area (TPSA) is 66.9 Å². The highest BCUT2D eigenvalue weighted by molar-refractivity contribution is 9.11. The highest BCUT2D eigenvalue weighted by Crippen LogP contribution is 2.33. The average Bonchev–Trinajstić information content (AvgIpc) is 2.30. The van der Waals surface area contributed by atoms with Crippen LogP contribution in [0.2, 0.25) is 0 Å². The molecule has 6 heteroatoms. The Bertz CT molecular complexity index is 341. The van der Waals surface area contributed by atoms with Crippen LogP contribution in [0.5, 0.6) is 0 Å². The molecule has 0 N–H and O–H groups in total. The van der Waals surface area contributed by atoms with Crippen molar-refractivity contribution in [3.8, 4) is 6.07 Å². The molecule has 0 unspecified atom stereocenters. The van der Waals surface area contributed by atoms with Crippen LogP contribution in [0.1, 0.15) is 4.88 Å². The number of hydrogen-bond donors (Lipinski definition) is 0. The predicted molar refractivity (Wildman–Crippen MR) is 43.4 cm³/mol. The molecular weight excluding hydrogens is 232 g/mol. The van der Waals surface area contributed by atoms with Crippen LogP contribution >= 0.6 is 27.3 Å². The van der Waals surface area contributed by atoms with Crippen LogP contribution in [0.15, 0.2) is 9.85 Å². The minimum atomic E-state index is -0.526. The lowest BCUT2D eigenvalue weighted by atomic mass is 10.4. The first kappa shape index (κ1) is 8.17. The summed E-state index contributed by atoms with van der Waals surface area (Å²) >= 11 is 4.04. The Hall–Kier alpha value is -0.930. The minimum Gasteiger partial charge on any atom is -0.258 e. The van der Waals surface area contributed by atoms with E-state index in [4.69, 9.17) is 5.26 Å². The number of thiophene rings is 1. The van der Waals surface area contributed by atoms with Gasteiger partial charge in [-0.05, 0) is 15.9 Å². The van der Waals surface area contributed by atoms with Crippen molar-refractivity contribution in [2.45, 2.75) is 0 Å². The third kappa shape index (κ3) is 1.56. The zero-order chi connectivity index (χ0) is 8.43. The van der Waals surface area contributed by atoms with E-state index in [-0.39, 0.29) is 5.69 Å². The van der Waals surface area contributed by atoms with Gasteiger partial charge in [0.25, 0.3) is 5.69 Å². The van der Waals surface area contributed by atoms with E-state index < -0.39 is 4.92 Å². The molecule has 0 aromatic carbocycles. The fourth-order valence-electron chi connectivity index (χ4n) is 0.539. The third-order valence-electron chi connectivity index (χ3n) is 0.976. The molecule has 0 aliphatic rings.